The van der Waals surface area contributed by atoms with E-state index < -0.39 is 0 Å². The van der Waals surface area contributed by atoms with Crippen LogP contribution in [-0.4, -0.2) is 55.5 Å². The smallest absolute Gasteiger partial charge is 0.134 e. The monoisotopic (exact) mass is 332 g/mol. The third-order valence-electron chi connectivity index (χ3n) is 5.28. The van der Waals surface area contributed by atoms with Gasteiger partial charge in [0.15, 0.2) is 0 Å². The van der Waals surface area contributed by atoms with Crippen molar-refractivity contribution in [3.63, 3.8) is 0 Å². The molecule has 6 heteroatoms. The van der Waals surface area contributed by atoms with E-state index in [9.17, 15) is 0 Å². The zero-order chi connectivity index (χ0) is 16.2. The summed E-state index contributed by atoms with van der Waals surface area (Å²) < 4.78 is 11.5. The second-order valence-electron chi connectivity index (χ2n) is 7.34. The Hall–Kier alpha value is -1.40. The van der Waals surface area contributed by atoms with E-state index in [0.29, 0.717) is 12.0 Å². The van der Waals surface area contributed by atoms with Crippen LogP contribution in [0.3, 0.4) is 0 Å². The van der Waals surface area contributed by atoms with E-state index in [1.165, 1.54) is 12.8 Å². The van der Waals surface area contributed by atoms with Gasteiger partial charge in [-0.15, -0.1) is 0 Å². The lowest BCUT2D eigenvalue weighted by atomic mass is 10.1. The Labute approximate surface area is 143 Å². The molecule has 3 fully saturated rings. The number of rotatable bonds is 7. The molecule has 0 spiro atoms. The summed E-state index contributed by atoms with van der Waals surface area (Å²) in [5.41, 5.74) is 0. The first-order valence-electron chi connectivity index (χ1n) is 9.37. The van der Waals surface area contributed by atoms with Gasteiger partial charge in [-0.1, -0.05) is 0 Å². The number of nitrogens with zero attached hydrogens (tertiary/aromatic N) is 3. The Morgan fingerprint density at radius 3 is 2.75 bits per heavy atom. The number of nitrogens with one attached hydrogen (secondary N) is 1. The van der Waals surface area contributed by atoms with Crippen molar-refractivity contribution < 1.29 is 9.47 Å². The topological polar surface area (TPSA) is 59.5 Å². The van der Waals surface area contributed by atoms with E-state index >= 15 is 0 Å². The van der Waals surface area contributed by atoms with Gasteiger partial charge in [0, 0.05) is 38.2 Å². The summed E-state index contributed by atoms with van der Waals surface area (Å²) in [6.07, 6.45) is 8.06. The van der Waals surface area contributed by atoms with Crippen LogP contribution in [0.5, 0.6) is 0 Å². The van der Waals surface area contributed by atoms with Crippen molar-refractivity contribution in [3.05, 3.63) is 12.4 Å². The fourth-order valence-electron chi connectivity index (χ4n) is 3.43. The average molecular weight is 332 g/mol. The minimum absolute atomic E-state index is 0.385. The lowest BCUT2D eigenvalue weighted by Gasteiger charge is -2.33. The van der Waals surface area contributed by atoms with E-state index in [0.717, 1.165) is 76.3 Å². The SMILES string of the molecule is c1nc(NCC2CC2)cc(N2CCC(OCC3CCOC3)CC2)n1. The molecule has 2 saturated heterocycles. The Balaban J connectivity index is 1.23. The van der Waals surface area contributed by atoms with Gasteiger partial charge in [0.05, 0.1) is 19.3 Å². The Morgan fingerprint density at radius 2 is 2.00 bits per heavy atom. The van der Waals surface area contributed by atoms with Crippen LogP contribution in [0, 0.1) is 11.8 Å². The molecule has 2 aliphatic heterocycles. The summed E-state index contributed by atoms with van der Waals surface area (Å²) in [6, 6.07) is 2.08. The Morgan fingerprint density at radius 1 is 1.12 bits per heavy atom. The fraction of sp³-hybridized carbons (Fsp3) is 0.778. The maximum absolute atomic E-state index is 6.09. The highest BCUT2D eigenvalue weighted by Crippen LogP contribution is 2.29. The molecule has 24 heavy (non-hydrogen) atoms. The molecule has 0 bridgehead atoms. The molecule has 1 aliphatic carbocycles. The van der Waals surface area contributed by atoms with E-state index in [4.69, 9.17) is 9.47 Å². The van der Waals surface area contributed by atoms with Crippen molar-refractivity contribution in [2.75, 3.05) is 49.7 Å². The van der Waals surface area contributed by atoms with Gasteiger partial charge in [-0.2, -0.15) is 0 Å². The average Bonchev–Trinajstić information content (AvgIpc) is 3.32. The summed E-state index contributed by atoms with van der Waals surface area (Å²) in [6.45, 7) is 5.67. The van der Waals surface area contributed by atoms with Crippen molar-refractivity contribution >= 4 is 11.6 Å². The predicted molar refractivity (Wildman–Crippen MR) is 93.4 cm³/mol. The largest absolute Gasteiger partial charge is 0.381 e. The van der Waals surface area contributed by atoms with Gasteiger partial charge >= 0.3 is 0 Å². The number of hydrogen-bond donors (Lipinski definition) is 1. The zero-order valence-electron chi connectivity index (χ0n) is 14.3. The summed E-state index contributed by atoms with van der Waals surface area (Å²) in [7, 11) is 0. The van der Waals surface area contributed by atoms with Crippen molar-refractivity contribution in [1.29, 1.82) is 0 Å². The molecule has 1 aromatic heterocycles. The summed E-state index contributed by atoms with van der Waals surface area (Å²) in [4.78, 5) is 11.1. The molecule has 4 rings (SSSR count). The van der Waals surface area contributed by atoms with Gasteiger partial charge in [-0.3, -0.25) is 0 Å². The Bertz CT molecular complexity index is 524. The Kier molecular flexibility index (Phi) is 5.13. The normalized spacial score (nSPS) is 25.2. The molecule has 1 N–H and O–H groups in total. The molecule has 1 unspecified atom stereocenters. The van der Waals surface area contributed by atoms with Crippen LogP contribution >= 0.6 is 0 Å². The van der Waals surface area contributed by atoms with Crippen molar-refractivity contribution in [3.8, 4) is 0 Å². The lowest BCUT2D eigenvalue weighted by molar-refractivity contribution is 0.0131. The molecule has 3 aliphatic rings. The number of piperidine rings is 1. The number of aromatic nitrogens is 2. The highest BCUT2D eigenvalue weighted by molar-refractivity contribution is 5.48. The highest BCUT2D eigenvalue weighted by Gasteiger charge is 2.24. The third kappa shape index (κ3) is 4.36. The number of anilines is 2. The standard InChI is InChI=1S/C18H28N4O2/c1-2-14(1)10-19-17-9-18(21-13-20-17)22-6-3-16(4-7-22)24-12-15-5-8-23-11-15/h9,13-16H,1-8,10-12H2,(H,19,20,21). The first-order valence-corrected chi connectivity index (χ1v) is 9.37. The van der Waals surface area contributed by atoms with Gasteiger partial charge < -0.3 is 19.7 Å². The van der Waals surface area contributed by atoms with Crippen molar-refractivity contribution in [2.24, 2.45) is 11.8 Å². The highest BCUT2D eigenvalue weighted by atomic mass is 16.5. The first kappa shape index (κ1) is 16.1. The summed E-state index contributed by atoms with van der Waals surface area (Å²) in [5, 5.41) is 3.43. The molecule has 6 nitrogen and oxygen atoms in total. The summed E-state index contributed by atoms with van der Waals surface area (Å²) >= 11 is 0. The van der Waals surface area contributed by atoms with Gasteiger partial charge in [0.25, 0.3) is 0 Å². The molecular weight excluding hydrogens is 304 g/mol. The zero-order valence-corrected chi connectivity index (χ0v) is 14.3. The molecular formula is C18H28N4O2. The van der Waals surface area contributed by atoms with Crippen LogP contribution in [0.1, 0.15) is 32.1 Å². The van der Waals surface area contributed by atoms with Crippen molar-refractivity contribution in [1.82, 2.24) is 9.97 Å². The first-order chi connectivity index (χ1) is 11.9. The minimum Gasteiger partial charge on any atom is -0.381 e. The van der Waals surface area contributed by atoms with E-state index in [-0.39, 0.29) is 0 Å². The maximum Gasteiger partial charge on any atom is 0.134 e. The van der Waals surface area contributed by atoms with Gasteiger partial charge in [-0.05, 0) is 38.0 Å². The second-order valence-corrected chi connectivity index (χ2v) is 7.34. The third-order valence-corrected chi connectivity index (χ3v) is 5.28. The van der Waals surface area contributed by atoms with Crippen LogP contribution in [0.25, 0.3) is 0 Å². The molecule has 0 aromatic carbocycles. The summed E-state index contributed by atoms with van der Waals surface area (Å²) in [5.74, 6) is 3.43. The van der Waals surface area contributed by atoms with Crippen LogP contribution in [0.4, 0.5) is 11.6 Å². The van der Waals surface area contributed by atoms with Gasteiger partial charge in [0.1, 0.15) is 18.0 Å². The molecule has 1 atom stereocenters. The maximum atomic E-state index is 6.09. The van der Waals surface area contributed by atoms with E-state index in [1.54, 1.807) is 6.33 Å². The molecule has 1 aromatic rings. The number of hydrogen-bond acceptors (Lipinski definition) is 6. The molecule has 3 heterocycles. The van der Waals surface area contributed by atoms with Gasteiger partial charge in [-0.25, -0.2) is 9.97 Å². The van der Waals surface area contributed by atoms with Gasteiger partial charge in [0.2, 0.25) is 0 Å². The minimum atomic E-state index is 0.385. The molecule has 132 valence electrons. The second kappa shape index (κ2) is 7.66. The quantitative estimate of drug-likeness (QED) is 0.827. The molecule has 1 saturated carbocycles. The fourth-order valence-corrected chi connectivity index (χ4v) is 3.43. The lowest BCUT2D eigenvalue weighted by Crippen LogP contribution is -2.38. The van der Waals surface area contributed by atoms with Crippen LogP contribution < -0.4 is 10.2 Å². The number of ether oxygens (including phenoxy) is 2. The van der Waals surface area contributed by atoms with Crippen LogP contribution in [-0.2, 0) is 9.47 Å². The van der Waals surface area contributed by atoms with Crippen molar-refractivity contribution in [2.45, 2.75) is 38.2 Å². The van der Waals surface area contributed by atoms with E-state index in [2.05, 4.69) is 26.3 Å². The van der Waals surface area contributed by atoms with Crippen LogP contribution in [0.2, 0.25) is 0 Å². The predicted octanol–water partition coefficient (Wildman–Crippen LogP) is 2.32. The van der Waals surface area contributed by atoms with E-state index in [1.807, 2.05) is 0 Å². The van der Waals surface area contributed by atoms with Crippen LogP contribution in [0.15, 0.2) is 12.4 Å². The molecule has 0 radical (unpaired) electrons. The molecule has 0 amide bonds.